The van der Waals surface area contributed by atoms with Gasteiger partial charge in [-0.1, -0.05) is 37.3 Å². The zero-order valence-corrected chi connectivity index (χ0v) is 15.2. The van der Waals surface area contributed by atoms with Crippen LogP contribution in [0.15, 0.2) is 42.6 Å². The van der Waals surface area contributed by atoms with Crippen LogP contribution in [0.3, 0.4) is 0 Å². The molecule has 1 aromatic carbocycles. The van der Waals surface area contributed by atoms with Crippen molar-refractivity contribution in [2.75, 3.05) is 6.54 Å². The fourth-order valence-corrected chi connectivity index (χ4v) is 3.19. The Balaban J connectivity index is 1.87. The molecule has 3 rings (SSSR count). The van der Waals surface area contributed by atoms with Crippen molar-refractivity contribution < 1.29 is 5.11 Å². The maximum absolute atomic E-state index is 10.2. The van der Waals surface area contributed by atoms with Gasteiger partial charge in [-0.05, 0) is 31.9 Å². The number of aromatic nitrogens is 3. The molecule has 0 fully saturated rings. The van der Waals surface area contributed by atoms with Crippen molar-refractivity contribution in [2.45, 2.75) is 46.4 Å². The van der Waals surface area contributed by atoms with Gasteiger partial charge in [0.2, 0.25) is 5.78 Å². The van der Waals surface area contributed by atoms with Gasteiger partial charge in [0.15, 0.2) is 0 Å². The van der Waals surface area contributed by atoms with Gasteiger partial charge in [0, 0.05) is 31.0 Å². The zero-order valence-electron chi connectivity index (χ0n) is 15.2. The van der Waals surface area contributed by atoms with Crippen molar-refractivity contribution in [3.8, 4) is 0 Å². The predicted molar refractivity (Wildman–Crippen MR) is 99.3 cm³/mol. The third-order valence-corrected chi connectivity index (χ3v) is 4.44. The molecule has 0 saturated carbocycles. The summed E-state index contributed by atoms with van der Waals surface area (Å²) in [6.07, 6.45) is 2.31. The zero-order chi connectivity index (χ0) is 17.8. The normalized spacial score (nSPS) is 12.8. The van der Waals surface area contributed by atoms with Crippen LogP contribution in [0.4, 0.5) is 0 Å². The molecular formula is C20H26N4O. The summed E-state index contributed by atoms with van der Waals surface area (Å²) in [7, 11) is 0. The van der Waals surface area contributed by atoms with Crippen LogP contribution in [0.1, 0.15) is 36.0 Å². The minimum atomic E-state index is -0.329. The van der Waals surface area contributed by atoms with Crippen LogP contribution >= 0.6 is 0 Å². The highest BCUT2D eigenvalue weighted by atomic mass is 16.3. The van der Waals surface area contributed by atoms with E-state index >= 15 is 0 Å². The van der Waals surface area contributed by atoms with Crippen LogP contribution in [0.2, 0.25) is 0 Å². The van der Waals surface area contributed by atoms with Gasteiger partial charge >= 0.3 is 0 Å². The molecule has 0 aliphatic heterocycles. The van der Waals surface area contributed by atoms with Gasteiger partial charge in [-0.15, -0.1) is 0 Å². The summed E-state index contributed by atoms with van der Waals surface area (Å²) < 4.78 is 2.10. The lowest BCUT2D eigenvalue weighted by Gasteiger charge is -2.24. The summed E-state index contributed by atoms with van der Waals surface area (Å²) in [5.41, 5.74) is 4.44. The summed E-state index contributed by atoms with van der Waals surface area (Å²) in [4.78, 5) is 11.2. The van der Waals surface area contributed by atoms with Gasteiger partial charge < -0.3 is 5.11 Å². The number of aliphatic hydroxyl groups excluding tert-OH is 1. The first-order chi connectivity index (χ1) is 12.1. The van der Waals surface area contributed by atoms with Crippen LogP contribution in [0.5, 0.6) is 0 Å². The number of benzene rings is 1. The van der Waals surface area contributed by atoms with Gasteiger partial charge in [0.1, 0.15) is 0 Å². The van der Waals surface area contributed by atoms with Crippen LogP contribution in [0, 0.1) is 13.8 Å². The van der Waals surface area contributed by atoms with E-state index in [1.807, 2.05) is 26.1 Å². The van der Waals surface area contributed by atoms with E-state index in [0.717, 1.165) is 42.4 Å². The van der Waals surface area contributed by atoms with E-state index < -0.39 is 0 Å². The Morgan fingerprint density at radius 2 is 1.92 bits per heavy atom. The Labute approximate surface area is 149 Å². The van der Waals surface area contributed by atoms with Gasteiger partial charge in [0.05, 0.1) is 18.0 Å². The molecule has 3 aromatic rings. The van der Waals surface area contributed by atoms with Crippen LogP contribution in [0.25, 0.3) is 5.78 Å². The molecule has 0 saturated heterocycles. The summed E-state index contributed by atoms with van der Waals surface area (Å²) in [5, 5.41) is 10.2. The SMILES string of the molecule is CCC(O)CN(Cc1ccccc1)Cc1cnc2nc(C)cc(C)n12. The molecule has 5 heteroatoms. The number of aliphatic hydroxyl groups is 1. The van der Waals surface area contributed by atoms with Gasteiger partial charge in [0.25, 0.3) is 0 Å². The van der Waals surface area contributed by atoms with E-state index in [0.29, 0.717) is 6.54 Å². The summed E-state index contributed by atoms with van der Waals surface area (Å²) in [6, 6.07) is 12.4. The maximum atomic E-state index is 10.2. The van der Waals surface area contributed by atoms with Crippen molar-refractivity contribution in [3.05, 3.63) is 65.2 Å². The second kappa shape index (κ2) is 7.76. The Hall–Kier alpha value is -2.24. The van der Waals surface area contributed by atoms with E-state index in [2.05, 4.69) is 56.5 Å². The lowest BCUT2D eigenvalue weighted by atomic mass is 10.2. The molecule has 1 N–H and O–H groups in total. The molecule has 0 bridgehead atoms. The summed E-state index contributed by atoms with van der Waals surface area (Å²) in [6.45, 7) is 8.23. The lowest BCUT2D eigenvalue weighted by Crippen LogP contribution is -2.32. The molecule has 1 atom stereocenters. The Bertz CT molecular complexity index is 828. The van der Waals surface area contributed by atoms with Crippen molar-refractivity contribution in [1.29, 1.82) is 0 Å². The molecule has 5 nitrogen and oxygen atoms in total. The minimum absolute atomic E-state index is 0.329. The molecule has 0 aliphatic rings. The first-order valence-corrected chi connectivity index (χ1v) is 8.81. The number of nitrogens with zero attached hydrogens (tertiary/aromatic N) is 4. The van der Waals surface area contributed by atoms with Gasteiger partial charge in [-0.3, -0.25) is 9.30 Å². The Morgan fingerprint density at radius 3 is 2.64 bits per heavy atom. The third-order valence-electron chi connectivity index (χ3n) is 4.44. The van der Waals surface area contributed by atoms with Crippen molar-refractivity contribution >= 4 is 5.78 Å². The lowest BCUT2D eigenvalue weighted by molar-refractivity contribution is 0.101. The standard InChI is InChI=1S/C20H26N4O/c1-4-19(25)14-23(12-17-8-6-5-7-9-17)13-18-11-21-20-22-15(2)10-16(3)24(18)20/h5-11,19,25H,4,12-14H2,1-3H3. The quantitative estimate of drug-likeness (QED) is 0.719. The molecule has 0 radical (unpaired) electrons. The van der Waals surface area contributed by atoms with E-state index in [1.165, 1.54) is 5.56 Å². The van der Waals surface area contributed by atoms with Crippen molar-refractivity contribution in [2.24, 2.45) is 0 Å². The summed E-state index contributed by atoms with van der Waals surface area (Å²) >= 11 is 0. The van der Waals surface area contributed by atoms with E-state index in [9.17, 15) is 5.11 Å². The molecule has 2 aromatic heterocycles. The topological polar surface area (TPSA) is 53.7 Å². The van der Waals surface area contributed by atoms with Crippen LogP contribution in [-0.4, -0.2) is 37.0 Å². The number of rotatable bonds is 7. The Morgan fingerprint density at radius 1 is 1.16 bits per heavy atom. The number of hydrogen-bond acceptors (Lipinski definition) is 4. The highest BCUT2D eigenvalue weighted by molar-refractivity contribution is 5.35. The van der Waals surface area contributed by atoms with Crippen LogP contribution < -0.4 is 0 Å². The third kappa shape index (κ3) is 4.24. The van der Waals surface area contributed by atoms with E-state index in [-0.39, 0.29) is 6.10 Å². The van der Waals surface area contributed by atoms with Gasteiger partial charge in [-0.25, -0.2) is 9.97 Å². The smallest absolute Gasteiger partial charge is 0.234 e. The average molecular weight is 338 g/mol. The maximum Gasteiger partial charge on any atom is 0.234 e. The van der Waals surface area contributed by atoms with E-state index in [1.54, 1.807) is 0 Å². The second-order valence-electron chi connectivity index (χ2n) is 6.64. The fourth-order valence-electron chi connectivity index (χ4n) is 3.19. The minimum Gasteiger partial charge on any atom is -0.392 e. The molecular weight excluding hydrogens is 312 g/mol. The monoisotopic (exact) mass is 338 g/mol. The molecule has 0 amide bonds. The first kappa shape index (κ1) is 17.6. The average Bonchev–Trinajstić information content (AvgIpc) is 2.98. The first-order valence-electron chi connectivity index (χ1n) is 8.81. The van der Waals surface area contributed by atoms with Crippen LogP contribution in [-0.2, 0) is 13.1 Å². The van der Waals surface area contributed by atoms with E-state index in [4.69, 9.17) is 0 Å². The molecule has 2 heterocycles. The molecule has 132 valence electrons. The fraction of sp³-hybridized carbons (Fsp3) is 0.400. The summed E-state index contributed by atoms with van der Waals surface area (Å²) in [5.74, 6) is 0.739. The molecule has 0 spiro atoms. The van der Waals surface area contributed by atoms with Crippen molar-refractivity contribution in [3.63, 3.8) is 0 Å². The predicted octanol–water partition coefficient (Wildman–Crippen LogP) is 3.12. The number of imidazole rings is 1. The highest BCUT2D eigenvalue weighted by Gasteiger charge is 2.15. The van der Waals surface area contributed by atoms with Crippen molar-refractivity contribution in [1.82, 2.24) is 19.3 Å². The molecule has 25 heavy (non-hydrogen) atoms. The second-order valence-corrected chi connectivity index (χ2v) is 6.64. The highest BCUT2D eigenvalue weighted by Crippen LogP contribution is 2.15. The number of aryl methyl sites for hydroxylation is 2. The molecule has 1 unspecified atom stereocenters. The largest absolute Gasteiger partial charge is 0.392 e. The number of hydrogen-bond donors (Lipinski definition) is 1. The number of fused-ring (bicyclic) bond motifs is 1. The molecule has 0 aliphatic carbocycles. The van der Waals surface area contributed by atoms with Gasteiger partial charge in [-0.2, -0.15) is 0 Å². The Kier molecular flexibility index (Phi) is 5.46.